The Morgan fingerprint density at radius 1 is 1.05 bits per heavy atom. The van der Waals surface area contributed by atoms with Crippen molar-refractivity contribution < 1.29 is 9.59 Å². The second-order valence-electron chi connectivity index (χ2n) is 4.99. The van der Waals surface area contributed by atoms with Gasteiger partial charge in [0.1, 0.15) is 0 Å². The van der Waals surface area contributed by atoms with Gasteiger partial charge in [0.05, 0.1) is 5.69 Å². The van der Waals surface area contributed by atoms with E-state index in [1.165, 1.54) is 0 Å². The summed E-state index contributed by atoms with van der Waals surface area (Å²) in [7, 11) is 0. The number of Topliss-reactive ketones (excluding diaryl/α,β-unsaturated/α-hetero) is 1. The number of benzene rings is 2. The minimum atomic E-state index is -0.168. The fourth-order valence-electron chi connectivity index (χ4n) is 2.49. The minimum absolute atomic E-state index is 0.0951. The Bertz CT molecular complexity index is 668. The van der Waals surface area contributed by atoms with Crippen LogP contribution in [-0.4, -0.2) is 18.4 Å². The van der Waals surface area contributed by atoms with Crippen LogP contribution in [0.4, 0.5) is 10.5 Å². The van der Waals surface area contributed by atoms with Gasteiger partial charge in [-0.1, -0.05) is 42.5 Å². The fraction of sp³-hybridized carbons (Fsp3) is 0.176. The van der Waals surface area contributed by atoms with E-state index in [1.54, 1.807) is 11.0 Å². The summed E-state index contributed by atoms with van der Waals surface area (Å²) in [4.78, 5) is 25.9. The van der Waals surface area contributed by atoms with E-state index in [-0.39, 0.29) is 11.8 Å². The van der Waals surface area contributed by atoms with Crippen LogP contribution < -0.4 is 10.2 Å². The zero-order valence-corrected chi connectivity index (χ0v) is 11.6. The SMILES string of the molecule is O=C1CCN(C(=O)NCc2ccccc2)c2ccccc21. The molecule has 3 rings (SSSR count). The molecule has 0 spiro atoms. The summed E-state index contributed by atoms with van der Waals surface area (Å²) in [6.07, 6.45) is 0.371. The molecule has 0 saturated heterocycles. The highest BCUT2D eigenvalue weighted by atomic mass is 16.2. The summed E-state index contributed by atoms with van der Waals surface area (Å²) in [5.74, 6) is 0.0951. The van der Waals surface area contributed by atoms with E-state index in [4.69, 9.17) is 0 Å². The third kappa shape index (κ3) is 2.79. The Morgan fingerprint density at radius 2 is 1.76 bits per heavy atom. The number of hydrogen-bond acceptors (Lipinski definition) is 2. The van der Waals surface area contributed by atoms with Crippen molar-refractivity contribution in [1.82, 2.24) is 5.32 Å². The van der Waals surface area contributed by atoms with E-state index in [2.05, 4.69) is 5.32 Å². The normalized spacial score (nSPS) is 13.7. The molecule has 106 valence electrons. The van der Waals surface area contributed by atoms with Crippen molar-refractivity contribution in [2.45, 2.75) is 13.0 Å². The van der Waals surface area contributed by atoms with E-state index in [0.717, 1.165) is 5.56 Å². The lowest BCUT2D eigenvalue weighted by molar-refractivity contribution is 0.0981. The van der Waals surface area contributed by atoms with E-state index in [0.29, 0.717) is 30.8 Å². The number of rotatable bonds is 2. The smallest absolute Gasteiger partial charge is 0.322 e. The van der Waals surface area contributed by atoms with Gasteiger partial charge < -0.3 is 5.32 Å². The number of hydrogen-bond donors (Lipinski definition) is 1. The van der Waals surface area contributed by atoms with Crippen LogP contribution in [0.3, 0.4) is 0 Å². The van der Waals surface area contributed by atoms with Crippen molar-refractivity contribution in [2.24, 2.45) is 0 Å². The molecule has 2 aromatic rings. The van der Waals surface area contributed by atoms with Crippen LogP contribution in [0.2, 0.25) is 0 Å². The first-order valence-corrected chi connectivity index (χ1v) is 6.97. The Labute approximate surface area is 123 Å². The third-order valence-corrected chi connectivity index (χ3v) is 3.59. The lowest BCUT2D eigenvalue weighted by Crippen LogP contribution is -2.43. The highest BCUT2D eigenvalue weighted by Gasteiger charge is 2.26. The first-order valence-electron chi connectivity index (χ1n) is 6.97. The van der Waals surface area contributed by atoms with Crippen molar-refractivity contribution in [1.29, 1.82) is 0 Å². The number of para-hydroxylation sites is 1. The average molecular weight is 280 g/mol. The molecule has 0 bridgehead atoms. The number of carbonyl (C=O) groups is 2. The number of fused-ring (bicyclic) bond motifs is 1. The molecular formula is C17H16N2O2. The Morgan fingerprint density at radius 3 is 2.57 bits per heavy atom. The predicted octanol–water partition coefficient (Wildman–Crippen LogP) is 2.99. The molecule has 0 radical (unpaired) electrons. The molecule has 1 N–H and O–H groups in total. The van der Waals surface area contributed by atoms with E-state index in [9.17, 15) is 9.59 Å². The van der Waals surface area contributed by atoms with Gasteiger partial charge in [0.2, 0.25) is 0 Å². The maximum atomic E-state index is 12.3. The molecule has 0 aromatic heterocycles. The van der Waals surface area contributed by atoms with Gasteiger partial charge in [-0.2, -0.15) is 0 Å². The molecule has 0 fully saturated rings. The van der Waals surface area contributed by atoms with Crippen LogP contribution in [0.15, 0.2) is 54.6 Å². The predicted molar refractivity (Wildman–Crippen MR) is 81.4 cm³/mol. The van der Waals surface area contributed by atoms with Crippen molar-refractivity contribution in [3.63, 3.8) is 0 Å². The maximum absolute atomic E-state index is 12.3. The zero-order valence-electron chi connectivity index (χ0n) is 11.6. The molecule has 2 amide bonds. The fourth-order valence-corrected chi connectivity index (χ4v) is 2.49. The number of urea groups is 1. The van der Waals surface area contributed by atoms with Gasteiger partial charge in [-0.3, -0.25) is 9.69 Å². The van der Waals surface area contributed by atoms with Crippen molar-refractivity contribution in [3.8, 4) is 0 Å². The van der Waals surface area contributed by atoms with Gasteiger partial charge in [-0.25, -0.2) is 4.79 Å². The third-order valence-electron chi connectivity index (χ3n) is 3.59. The number of ketones is 1. The zero-order chi connectivity index (χ0) is 14.7. The maximum Gasteiger partial charge on any atom is 0.322 e. The topological polar surface area (TPSA) is 49.4 Å². The molecule has 1 aliphatic heterocycles. The standard InChI is InChI=1S/C17H16N2O2/c20-16-10-11-19(15-9-5-4-8-14(15)16)17(21)18-12-13-6-2-1-3-7-13/h1-9H,10-12H2,(H,18,21). The van der Waals surface area contributed by atoms with Crippen molar-refractivity contribution in [3.05, 3.63) is 65.7 Å². The summed E-state index contributed by atoms with van der Waals surface area (Å²) in [6.45, 7) is 0.906. The lowest BCUT2D eigenvalue weighted by atomic mass is 10.0. The summed E-state index contributed by atoms with van der Waals surface area (Å²) in [5.41, 5.74) is 2.37. The van der Waals surface area contributed by atoms with E-state index < -0.39 is 0 Å². The number of nitrogens with one attached hydrogen (secondary N) is 1. The molecule has 0 atom stereocenters. The Balaban J connectivity index is 1.74. The Hall–Kier alpha value is -2.62. The molecule has 0 saturated carbocycles. The number of anilines is 1. The van der Waals surface area contributed by atoms with Gasteiger partial charge in [0, 0.05) is 25.1 Å². The van der Waals surface area contributed by atoms with Crippen molar-refractivity contribution in [2.75, 3.05) is 11.4 Å². The largest absolute Gasteiger partial charge is 0.334 e. The second kappa shape index (κ2) is 5.79. The molecule has 0 unspecified atom stereocenters. The first-order chi connectivity index (χ1) is 10.3. The molecule has 1 heterocycles. The van der Waals surface area contributed by atoms with Gasteiger partial charge in [-0.15, -0.1) is 0 Å². The van der Waals surface area contributed by atoms with Gasteiger partial charge in [0.15, 0.2) is 5.78 Å². The second-order valence-corrected chi connectivity index (χ2v) is 4.99. The monoisotopic (exact) mass is 280 g/mol. The Kier molecular flexibility index (Phi) is 3.69. The number of amides is 2. The molecule has 0 aliphatic carbocycles. The van der Waals surface area contributed by atoms with Gasteiger partial charge in [0.25, 0.3) is 0 Å². The molecule has 4 nitrogen and oxygen atoms in total. The minimum Gasteiger partial charge on any atom is -0.334 e. The summed E-state index contributed by atoms with van der Waals surface area (Å²) >= 11 is 0. The highest BCUT2D eigenvalue weighted by molar-refractivity contribution is 6.08. The van der Waals surface area contributed by atoms with Gasteiger partial charge >= 0.3 is 6.03 Å². The van der Waals surface area contributed by atoms with Gasteiger partial charge in [-0.05, 0) is 17.7 Å². The summed E-state index contributed by atoms with van der Waals surface area (Å²) in [5, 5.41) is 2.90. The molecule has 4 heteroatoms. The number of carbonyl (C=O) groups excluding carboxylic acids is 2. The summed E-state index contributed by atoms with van der Waals surface area (Å²) in [6, 6.07) is 16.8. The molecular weight excluding hydrogens is 264 g/mol. The molecule has 2 aromatic carbocycles. The molecule has 21 heavy (non-hydrogen) atoms. The van der Waals surface area contributed by atoms with Crippen LogP contribution in [0.25, 0.3) is 0 Å². The first kappa shape index (κ1) is 13.4. The summed E-state index contributed by atoms with van der Waals surface area (Å²) < 4.78 is 0. The van der Waals surface area contributed by atoms with E-state index in [1.807, 2.05) is 48.5 Å². The van der Waals surface area contributed by atoms with Crippen LogP contribution in [0, 0.1) is 0 Å². The van der Waals surface area contributed by atoms with Crippen LogP contribution in [0.1, 0.15) is 22.3 Å². The quantitative estimate of drug-likeness (QED) is 0.919. The van der Waals surface area contributed by atoms with Crippen LogP contribution in [0.5, 0.6) is 0 Å². The highest BCUT2D eigenvalue weighted by Crippen LogP contribution is 2.26. The van der Waals surface area contributed by atoms with Crippen molar-refractivity contribution >= 4 is 17.5 Å². The number of nitrogens with zero attached hydrogens (tertiary/aromatic N) is 1. The lowest BCUT2D eigenvalue weighted by Gasteiger charge is -2.28. The molecule has 1 aliphatic rings. The average Bonchev–Trinajstić information content (AvgIpc) is 2.54. The van der Waals surface area contributed by atoms with Crippen LogP contribution >= 0.6 is 0 Å². The van der Waals surface area contributed by atoms with E-state index >= 15 is 0 Å². The van der Waals surface area contributed by atoms with Crippen LogP contribution in [-0.2, 0) is 6.54 Å².